The minimum absolute atomic E-state index is 0.110. The van der Waals surface area contributed by atoms with Crippen LogP contribution in [0.2, 0.25) is 0 Å². The molecule has 3 rings (SSSR count). The quantitative estimate of drug-likeness (QED) is 0.759. The SMILES string of the molecule is Cc1cc(N2CC[C@](C)(NC(=O)O)C2)c(C(=O)N[C@@H](C)C2CC2)cn1. The Morgan fingerprint density at radius 3 is 2.80 bits per heavy atom. The summed E-state index contributed by atoms with van der Waals surface area (Å²) in [6.45, 7) is 7.05. The molecular formula is C18H26N4O3. The van der Waals surface area contributed by atoms with Crippen LogP contribution in [0.15, 0.2) is 12.3 Å². The summed E-state index contributed by atoms with van der Waals surface area (Å²) in [5.74, 6) is 0.474. The number of aryl methyl sites for hydroxylation is 1. The molecule has 1 aliphatic heterocycles. The number of hydrogen-bond donors (Lipinski definition) is 3. The first-order valence-electron chi connectivity index (χ1n) is 8.81. The fraction of sp³-hybridized carbons (Fsp3) is 0.611. The van der Waals surface area contributed by atoms with Gasteiger partial charge in [0.15, 0.2) is 0 Å². The van der Waals surface area contributed by atoms with Gasteiger partial charge in [0.25, 0.3) is 5.91 Å². The van der Waals surface area contributed by atoms with E-state index in [0.29, 0.717) is 31.0 Å². The van der Waals surface area contributed by atoms with Crippen LogP contribution in [0.3, 0.4) is 0 Å². The molecule has 7 nitrogen and oxygen atoms in total. The Hall–Kier alpha value is -2.31. The third kappa shape index (κ3) is 4.03. The van der Waals surface area contributed by atoms with Crippen LogP contribution in [0.1, 0.15) is 49.2 Å². The summed E-state index contributed by atoms with van der Waals surface area (Å²) in [5.41, 5.74) is 1.70. The van der Waals surface area contributed by atoms with Gasteiger partial charge in [-0.15, -0.1) is 0 Å². The Labute approximate surface area is 147 Å². The van der Waals surface area contributed by atoms with Gasteiger partial charge in [-0.05, 0) is 52.0 Å². The van der Waals surface area contributed by atoms with Gasteiger partial charge in [0, 0.05) is 31.0 Å². The van der Waals surface area contributed by atoms with Gasteiger partial charge in [-0.2, -0.15) is 0 Å². The fourth-order valence-corrected chi connectivity index (χ4v) is 3.51. The lowest BCUT2D eigenvalue weighted by molar-refractivity contribution is 0.0936. The second-order valence-corrected chi connectivity index (χ2v) is 7.60. The maximum absolute atomic E-state index is 12.7. The molecule has 2 heterocycles. The summed E-state index contributed by atoms with van der Waals surface area (Å²) < 4.78 is 0. The van der Waals surface area contributed by atoms with Gasteiger partial charge in [0.1, 0.15) is 0 Å². The smallest absolute Gasteiger partial charge is 0.405 e. The lowest BCUT2D eigenvalue weighted by Crippen LogP contribution is -2.47. The molecule has 1 saturated heterocycles. The van der Waals surface area contributed by atoms with Crippen molar-refractivity contribution in [1.29, 1.82) is 0 Å². The minimum atomic E-state index is -1.02. The van der Waals surface area contributed by atoms with Gasteiger partial charge >= 0.3 is 6.09 Å². The number of anilines is 1. The van der Waals surface area contributed by atoms with E-state index in [1.807, 2.05) is 26.8 Å². The highest BCUT2D eigenvalue weighted by Crippen LogP contribution is 2.33. The second kappa shape index (κ2) is 6.54. The van der Waals surface area contributed by atoms with Crippen LogP contribution in [0.5, 0.6) is 0 Å². The lowest BCUT2D eigenvalue weighted by atomic mass is 10.0. The lowest BCUT2D eigenvalue weighted by Gasteiger charge is -2.27. The van der Waals surface area contributed by atoms with E-state index < -0.39 is 11.6 Å². The number of hydrogen-bond acceptors (Lipinski definition) is 4. The molecule has 1 saturated carbocycles. The molecule has 25 heavy (non-hydrogen) atoms. The molecule has 2 amide bonds. The van der Waals surface area contributed by atoms with Crippen molar-refractivity contribution in [3.8, 4) is 0 Å². The van der Waals surface area contributed by atoms with Crippen LogP contribution in [0.4, 0.5) is 10.5 Å². The molecule has 7 heteroatoms. The van der Waals surface area contributed by atoms with Crippen LogP contribution >= 0.6 is 0 Å². The van der Waals surface area contributed by atoms with Gasteiger partial charge in [-0.25, -0.2) is 4.79 Å². The van der Waals surface area contributed by atoms with Crippen molar-refractivity contribution >= 4 is 17.7 Å². The fourth-order valence-electron chi connectivity index (χ4n) is 3.51. The van der Waals surface area contributed by atoms with E-state index in [4.69, 9.17) is 5.11 Å². The maximum atomic E-state index is 12.7. The highest BCUT2D eigenvalue weighted by atomic mass is 16.4. The second-order valence-electron chi connectivity index (χ2n) is 7.60. The summed E-state index contributed by atoms with van der Waals surface area (Å²) >= 11 is 0. The maximum Gasteiger partial charge on any atom is 0.405 e. The van der Waals surface area contributed by atoms with Gasteiger partial charge in [0.05, 0.1) is 16.8 Å². The minimum Gasteiger partial charge on any atom is -0.465 e. The number of amides is 2. The zero-order valence-corrected chi connectivity index (χ0v) is 15.0. The van der Waals surface area contributed by atoms with E-state index in [-0.39, 0.29) is 11.9 Å². The number of aromatic nitrogens is 1. The number of pyridine rings is 1. The standard InChI is InChI=1S/C18H26N4O3/c1-11-8-15(22-7-6-18(3,10-22)21-17(24)25)14(9-19-11)16(23)20-12(2)13-4-5-13/h8-9,12-13,21H,4-7,10H2,1-3H3,(H,20,23)(H,24,25)/t12-,18-/m0/s1. The van der Waals surface area contributed by atoms with Crippen molar-refractivity contribution in [2.75, 3.05) is 18.0 Å². The van der Waals surface area contributed by atoms with E-state index >= 15 is 0 Å². The van der Waals surface area contributed by atoms with Crippen LogP contribution in [0.25, 0.3) is 0 Å². The summed E-state index contributed by atoms with van der Waals surface area (Å²) in [5, 5.41) is 14.7. The van der Waals surface area contributed by atoms with Crippen molar-refractivity contribution in [2.45, 2.75) is 51.6 Å². The average Bonchev–Trinajstić information content (AvgIpc) is 3.30. The molecule has 1 aliphatic carbocycles. The van der Waals surface area contributed by atoms with Gasteiger partial charge < -0.3 is 20.6 Å². The molecule has 3 N–H and O–H groups in total. The number of carbonyl (C=O) groups excluding carboxylic acids is 1. The van der Waals surface area contributed by atoms with E-state index in [1.54, 1.807) is 6.20 Å². The van der Waals surface area contributed by atoms with Crippen molar-refractivity contribution in [3.63, 3.8) is 0 Å². The molecule has 2 fully saturated rings. The molecule has 1 aromatic rings. The molecule has 1 aromatic heterocycles. The Kier molecular flexibility index (Phi) is 4.58. The Balaban J connectivity index is 1.80. The Morgan fingerprint density at radius 2 is 2.16 bits per heavy atom. The highest BCUT2D eigenvalue weighted by Gasteiger charge is 2.37. The van der Waals surface area contributed by atoms with E-state index in [1.165, 1.54) is 12.8 Å². The third-order valence-corrected chi connectivity index (χ3v) is 5.17. The van der Waals surface area contributed by atoms with Crippen LogP contribution in [0, 0.1) is 12.8 Å². The third-order valence-electron chi connectivity index (χ3n) is 5.17. The molecule has 0 spiro atoms. The van der Waals surface area contributed by atoms with Crippen molar-refractivity contribution in [3.05, 3.63) is 23.5 Å². The molecular weight excluding hydrogens is 320 g/mol. The van der Waals surface area contributed by atoms with E-state index in [0.717, 1.165) is 11.4 Å². The molecule has 0 aromatic carbocycles. The zero-order chi connectivity index (χ0) is 18.2. The van der Waals surface area contributed by atoms with Crippen LogP contribution in [-0.4, -0.2) is 46.8 Å². The van der Waals surface area contributed by atoms with Crippen molar-refractivity contribution < 1.29 is 14.7 Å². The van der Waals surface area contributed by atoms with E-state index in [2.05, 4.69) is 20.5 Å². The number of nitrogens with one attached hydrogen (secondary N) is 2. The first-order chi connectivity index (χ1) is 11.8. The normalized spacial score (nSPS) is 24.0. The van der Waals surface area contributed by atoms with Crippen molar-refractivity contribution in [1.82, 2.24) is 15.6 Å². The summed E-state index contributed by atoms with van der Waals surface area (Å²) in [6, 6.07) is 2.07. The first-order valence-corrected chi connectivity index (χ1v) is 8.81. The topological polar surface area (TPSA) is 94.6 Å². The van der Waals surface area contributed by atoms with Crippen LogP contribution < -0.4 is 15.5 Å². The zero-order valence-electron chi connectivity index (χ0n) is 15.0. The largest absolute Gasteiger partial charge is 0.465 e. The summed E-state index contributed by atoms with van der Waals surface area (Å²) in [7, 11) is 0. The molecule has 0 radical (unpaired) electrons. The summed E-state index contributed by atoms with van der Waals surface area (Å²) in [4.78, 5) is 30.1. The number of carbonyl (C=O) groups is 2. The monoisotopic (exact) mass is 346 g/mol. The molecule has 2 atom stereocenters. The van der Waals surface area contributed by atoms with Crippen molar-refractivity contribution in [2.24, 2.45) is 5.92 Å². The molecule has 2 aliphatic rings. The molecule has 0 unspecified atom stereocenters. The van der Waals surface area contributed by atoms with Gasteiger partial charge in [-0.1, -0.05) is 0 Å². The van der Waals surface area contributed by atoms with Gasteiger partial charge in [0.2, 0.25) is 0 Å². The average molecular weight is 346 g/mol. The predicted molar refractivity (Wildman–Crippen MR) is 95.0 cm³/mol. The first kappa shape index (κ1) is 17.5. The molecule has 0 bridgehead atoms. The van der Waals surface area contributed by atoms with E-state index in [9.17, 15) is 9.59 Å². The Bertz CT molecular complexity index is 689. The number of nitrogens with zero attached hydrogens (tertiary/aromatic N) is 2. The predicted octanol–water partition coefficient (Wildman–Crippen LogP) is 2.15. The number of carboxylic acid groups (broad SMARTS) is 1. The molecule has 136 valence electrons. The van der Waals surface area contributed by atoms with Gasteiger partial charge in [-0.3, -0.25) is 9.78 Å². The number of rotatable bonds is 5. The summed E-state index contributed by atoms with van der Waals surface area (Å²) in [6.07, 6.45) is 3.64. The van der Waals surface area contributed by atoms with Crippen LogP contribution in [-0.2, 0) is 0 Å². The Morgan fingerprint density at radius 1 is 1.44 bits per heavy atom. The highest BCUT2D eigenvalue weighted by molar-refractivity contribution is 5.99.